The molecule has 5 nitrogen and oxygen atoms in total. The van der Waals surface area contributed by atoms with Crippen molar-refractivity contribution in [2.24, 2.45) is 11.7 Å². The Morgan fingerprint density at radius 2 is 2.09 bits per heavy atom. The Hall–Kier alpha value is -1.14. The van der Waals surface area contributed by atoms with Gasteiger partial charge in [-0.05, 0) is 24.9 Å². The highest BCUT2D eigenvalue weighted by Crippen LogP contribution is 2.31. The average Bonchev–Trinajstić information content (AvgIpc) is 2.95. The lowest BCUT2D eigenvalue weighted by atomic mass is 9.89. The maximum Gasteiger partial charge on any atom is 0.234 e. The smallest absolute Gasteiger partial charge is 0.234 e. The maximum absolute atomic E-state index is 12.0. The summed E-state index contributed by atoms with van der Waals surface area (Å²) in [6, 6.07) is 10.5. The Morgan fingerprint density at radius 3 is 2.74 bits per heavy atom. The van der Waals surface area contributed by atoms with Crippen molar-refractivity contribution in [1.82, 2.24) is 10.2 Å². The van der Waals surface area contributed by atoms with Gasteiger partial charge in [0.25, 0.3) is 0 Å². The number of hydrogen-bond acceptors (Lipinski definition) is 4. The Morgan fingerprint density at radius 1 is 1.35 bits per heavy atom. The summed E-state index contributed by atoms with van der Waals surface area (Å²) < 4.78 is 5.22. The van der Waals surface area contributed by atoms with E-state index in [2.05, 4.69) is 34.5 Å². The van der Waals surface area contributed by atoms with Gasteiger partial charge in [-0.2, -0.15) is 0 Å². The average molecular weight is 342 g/mol. The van der Waals surface area contributed by atoms with Gasteiger partial charge in [0, 0.05) is 32.2 Å². The number of nitrogens with two attached hydrogens (primary N) is 1. The number of halogens is 1. The summed E-state index contributed by atoms with van der Waals surface area (Å²) in [5.74, 6) is 0.894. The lowest BCUT2D eigenvalue weighted by molar-refractivity contribution is -0.122. The third kappa shape index (κ3) is 6.11. The van der Waals surface area contributed by atoms with Crippen LogP contribution < -0.4 is 11.1 Å². The monoisotopic (exact) mass is 341 g/mol. The van der Waals surface area contributed by atoms with Crippen LogP contribution in [0, 0.1) is 5.92 Å². The van der Waals surface area contributed by atoms with Gasteiger partial charge in [0.2, 0.25) is 5.91 Å². The molecule has 23 heavy (non-hydrogen) atoms. The Kier molecular flexibility index (Phi) is 9.17. The molecule has 1 fully saturated rings. The summed E-state index contributed by atoms with van der Waals surface area (Å²) in [6.07, 6.45) is 0. The lowest BCUT2D eigenvalue weighted by Gasteiger charge is -2.16. The van der Waals surface area contributed by atoms with Gasteiger partial charge in [-0.15, -0.1) is 12.4 Å². The van der Waals surface area contributed by atoms with E-state index in [4.69, 9.17) is 10.5 Å². The van der Waals surface area contributed by atoms with Gasteiger partial charge in [-0.3, -0.25) is 9.69 Å². The van der Waals surface area contributed by atoms with E-state index in [9.17, 15) is 4.79 Å². The highest BCUT2D eigenvalue weighted by molar-refractivity contribution is 5.85. The Labute approximate surface area is 145 Å². The van der Waals surface area contributed by atoms with Crippen molar-refractivity contribution in [1.29, 1.82) is 0 Å². The van der Waals surface area contributed by atoms with Gasteiger partial charge in [0.15, 0.2) is 0 Å². The molecule has 1 aliphatic heterocycles. The highest BCUT2D eigenvalue weighted by Gasteiger charge is 2.33. The Balaban J connectivity index is 0.00000264. The molecule has 0 radical (unpaired) electrons. The summed E-state index contributed by atoms with van der Waals surface area (Å²) in [7, 11) is 0. The van der Waals surface area contributed by atoms with Crippen molar-refractivity contribution in [3.8, 4) is 0 Å². The molecular weight excluding hydrogens is 314 g/mol. The van der Waals surface area contributed by atoms with Crippen molar-refractivity contribution in [3.05, 3.63) is 35.9 Å². The van der Waals surface area contributed by atoms with E-state index in [1.54, 1.807) is 0 Å². The van der Waals surface area contributed by atoms with Crippen molar-refractivity contribution < 1.29 is 9.53 Å². The number of carbonyl (C=O) groups is 1. The van der Waals surface area contributed by atoms with E-state index in [-0.39, 0.29) is 18.3 Å². The van der Waals surface area contributed by atoms with Crippen LogP contribution in [0.2, 0.25) is 0 Å². The first kappa shape index (κ1) is 19.9. The van der Waals surface area contributed by atoms with Crippen molar-refractivity contribution in [2.45, 2.75) is 12.8 Å². The largest absolute Gasteiger partial charge is 0.380 e. The molecule has 1 saturated heterocycles. The predicted octanol–water partition coefficient (Wildman–Crippen LogP) is 1.24. The van der Waals surface area contributed by atoms with E-state index in [1.165, 1.54) is 5.56 Å². The number of rotatable bonds is 8. The number of nitrogens with zero attached hydrogens (tertiary/aromatic N) is 1. The molecule has 1 amide bonds. The zero-order valence-electron chi connectivity index (χ0n) is 13.7. The second-order valence-corrected chi connectivity index (χ2v) is 5.75. The molecule has 6 heteroatoms. The third-order valence-corrected chi connectivity index (χ3v) is 4.19. The third-order valence-electron chi connectivity index (χ3n) is 4.19. The molecular formula is C17H28ClN3O2. The fourth-order valence-corrected chi connectivity index (χ4v) is 3.07. The molecule has 0 bridgehead atoms. The van der Waals surface area contributed by atoms with Crippen LogP contribution in [0.1, 0.15) is 18.4 Å². The SMILES string of the molecule is CCOCCNC(=O)CN1C[C@@H](CN)[C@H](c2ccccc2)C1.Cl. The second-order valence-electron chi connectivity index (χ2n) is 5.75. The van der Waals surface area contributed by atoms with E-state index in [0.717, 1.165) is 13.1 Å². The minimum Gasteiger partial charge on any atom is -0.380 e. The van der Waals surface area contributed by atoms with Gasteiger partial charge in [-0.25, -0.2) is 0 Å². The van der Waals surface area contributed by atoms with Crippen LogP contribution in [-0.4, -0.2) is 56.7 Å². The maximum atomic E-state index is 12.0. The number of carbonyl (C=O) groups excluding carboxylic acids is 1. The molecule has 1 aliphatic rings. The van der Waals surface area contributed by atoms with E-state index < -0.39 is 0 Å². The van der Waals surface area contributed by atoms with Crippen LogP contribution >= 0.6 is 12.4 Å². The summed E-state index contributed by atoms with van der Waals surface area (Å²) in [4.78, 5) is 14.2. The first-order chi connectivity index (χ1) is 10.7. The summed E-state index contributed by atoms with van der Waals surface area (Å²) >= 11 is 0. The molecule has 1 aromatic carbocycles. The first-order valence-electron chi connectivity index (χ1n) is 8.06. The molecule has 1 aromatic rings. The van der Waals surface area contributed by atoms with Crippen molar-refractivity contribution >= 4 is 18.3 Å². The molecule has 1 heterocycles. The second kappa shape index (κ2) is 10.6. The van der Waals surface area contributed by atoms with E-state index in [0.29, 0.717) is 44.7 Å². The summed E-state index contributed by atoms with van der Waals surface area (Å²) in [5, 5.41) is 2.89. The van der Waals surface area contributed by atoms with Gasteiger partial charge < -0.3 is 15.8 Å². The van der Waals surface area contributed by atoms with Crippen LogP contribution in [-0.2, 0) is 9.53 Å². The van der Waals surface area contributed by atoms with Crippen LogP contribution in [0.15, 0.2) is 30.3 Å². The van der Waals surface area contributed by atoms with Crippen LogP contribution in [0.3, 0.4) is 0 Å². The quantitative estimate of drug-likeness (QED) is 0.698. The summed E-state index contributed by atoms with van der Waals surface area (Å²) in [5.41, 5.74) is 7.24. The molecule has 2 rings (SSSR count). The number of nitrogens with one attached hydrogen (secondary N) is 1. The lowest BCUT2D eigenvalue weighted by Crippen LogP contribution is -2.37. The molecule has 2 atom stereocenters. The normalized spacial score (nSPS) is 21.0. The predicted molar refractivity (Wildman–Crippen MR) is 94.9 cm³/mol. The molecule has 0 spiro atoms. The van der Waals surface area contributed by atoms with E-state index >= 15 is 0 Å². The van der Waals surface area contributed by atoms with Crippen molar-refractivity contribution in [2.75, 3.05) is 45.9 Å². The number of amides is 1. The zero-order chi connectivity index (χ0) is 15.8. The fraction of sp³-hybridized carbons (Fsp3) is 0.588. The van der Waals surface area contributed by atoms with Crippen molar-refractivity contribution in [3.63, 3.8) is 0 Å². The molecule has 0 aliphatic carbocycles. The van der Waals surface area contributed by atoms with Crippen LogP contribution in [0.25, 0.3) is 0 Å². The standard InChI is InChI=1S/C17H27N3O2.ClH/c1-2-22-9-8-19-17(21)13-20-11-15(10-18)16(12-20)14-6-4-3-5-7-14;/h3-7,15-16H,2,8-13,18H2,1H3,(H,19,21);1H/t15-,16+;/m1./s1. The summed E-state index contributed by atoms with van der Waals surface area (Å²) in [6.45, 7) is 6.64. The molecule has 0 unspecified atom stereocenters. The number of ether oxygens (including phenoxy) is 1. The molecule has 0 saturated carbocycles. The molecule has 130 valence electrons. The van der Waals surface area contributed by atoms with E-state index in [1.807, 2.05) is 13.0 Å². The number of benzene rings is 1. The minimum absolute atomic E-state index is 0. The van der Waals surface area contributed by atoms with Gasteiger partial charge in [0.05, 0.1) is 13.2 Å². The van der Waals surface area contributed by atoms with Gasteiger partial charge in [-0.1, -0.05) is 30.3 Å². The number of likely N-dealkylation sites (tertiary alicyclic amines) is 1. The van der Waals surface area contributed by atoms with Gasteiger partial charge >= 0.3 is 0 Å². The zero-order valence-corrected chi connectivity index (χ0v) is 14.6. The minimum atomic E-state index is 0. The molecule has 3 N–H and O–H groups in total. The fourth-order valence-electron chi connectivity index (χ4n) is 3.07. The highest BCUT2D eigenvalue weighted by atomic mass is 35.5. The Bertz CT molecular complexity index is 458. The molecule has 0 aromatic heterocycles. The topological polar surface area (TPSA) is 67.6 Å². The first-order valence-corrected chi connectivity index (χ1v) is 8.06. The van der Waals surface area contributed by atoms with Gasteiger partial charge in [0.1, 0.15) is 0 Å². The van der Waals surface area contributed by atoms with Crippen LogP contribution in [0.4, 0.5) is 0 Å². The van der Waals surface area contributed by atoms with Crippen LogP contribution in [0.5, 0.6) is 0 Å². The number of hydrogen-bond donors (Lipinski definition) is 2.